The van der Waals surface area contributed by atoms with E-state index in [2.05, 4.69) is 31.8 Å². The zero-order valence-corrected chi connectivity index (χ0v) is 12.6. The minimum atomic E-state index is 0.00984. The molecule has 2 aromatic rings. The highest BCUT2D eigenvalue weighted by molar-refractivity contribution is 5.83. The maximum absolute atomic E-state index is 12.2. The van der Waals surface area contributed by atoms with Gasteiger partial charge in [0.05, 0.1) is 12.6 Å². The van der Waals surface area contributed by atoms with Crippen LogP contribution in [0, 0.1) is 0 Å². The number of carbonyl (C=O) groups excluding carboxylic acids is 1. The Bertz CT molecular complexity index is 696. The average Bonchev–Trinajstić information content (AvgIpc) is 3.12. The van der Waals surface area contributed by atoms with Gasteiger partial charge in [-0.05, 0) is 6.42 Å². The van der Waals surface area contributed by atoms with E-state index in [4.69, 9.17) is 0 Å². The Morgan fingerprint density at radius 3 is 2.64 bits per heavy atom. The van der Waals surface area contributed by atoms with Crippen molar-refractivity contribution in [2.24, 2.45) is 0 Å². The van der Waals surface area contributed by atoms with Gasteiger partial charge in [-0.1, -0.05) is 30.3 Å². The largest absolute Gasteiger partial charge is 0.344 e. The van der Waals surface area contributed by atoms with Crippen molar-refractivity contribution in [3.63, 3.8) is 0 Å². The lowest BCUT2D eigenvalue weighted by Gasteiger charge is -2.31. The van der Waals surface area contributed by atoms with Crippen LogP contribution in [0.15, 0.2) is 30.3 Å². The molecule has 1 amide bonds. The molecule has 0 aliphatic carbocycles. The zero-order chi connectivity index (χ0) is 15.1. The molecule has 2 aliphatic heterocycles. The topological polar surface area (TPSA) is 54.3 Å². The Kier molecular flexibility index (Phi) is 3.18. The van der Waals surface area contributed by atoms with Gasteiger partial charge < -0.3 is 9.47 Å². The fraction of sp³-hybridized carbons (Fsp3) is 0.438. The summed E-state index contributed by atoms with van der Waals surface area (Å²) in [6.07, 6.45) is 0.912. The second kappa shape index (κ2) is 5.21. The first-order chi connectivity index (χ1) is 10.7. The van der Waals surface area contributed by atoms with Gasteiger partial charge in [-0.2, -0.15) is 0 Å². The molecule has 1 saturated heterocycles. The van der Waals surface area contributed by atoms with Gasteiger partial charge in [-0.15, -0.1) is 10.2 Å². The molecule has 22 heavy (non-hydrogen) atoms. The van der Waals surface area contributed by atoms with Crippen LogP contribution in [0.2, 0.25) is 0 Å². The molecule has 1 fully saturated rings. The summed E-state index contributed by atoms with van der Waals surface area (Å²) >= 11 is 0. The minimum absolute atomic E-state index is 0.00984. The molecule has 0 spiro atoms. The number of likely N-dealkylation sites (N-methyl/N-ethyl adjacent to an activating group) is 1. The molecule has 0 radical (unpaired) electrons. The average molecular weight is 297 g/mol. The van der Waals surface area contributed by atoms with Crippen molar-refractivity contribution < 1.29 is 4.79 Å². The maximum atomic E-state index is 12.2. The van der Waals surface area contributed by atoms with Crippen molar-refractivity contribution in [3.05, 3.63) is 36.2 Å². The lowest BCUT2D eigenvalue weighted by Crippen LogP contribution is -2.45. The first-order valence-corrected chi connectivity index (χ1v) is 7.70. The SMILES string of the molecule is CN1CCC(N2CCn3c(nnc3-c3ccccc3)C2)C1=O. The Hall–Kier alpha value is -2.21. The molecular weight excluding hydrogens is 278 g/mol. The van der Waals surface area contributed by atoms with Crippen LogP contribution in [-0.2, 0) is 17.9 Å². The van der Waals surface area contributed by atoms with Crippen LogP contribution in [0.25, 0.3) is 11.4 Å². The van der Waals surface area contributed by atoms with E-state index in [1.807, 2.05) is 30.1 Å². The molecule has 0 N–H and O–H groups in total. The Balaban J connectivity index is 1.58. The molecule has 3 heterocycles. The number of nitrogens with zero attached hydrogens (tertiary/aromatic N) is 5. The molecule has 0 saturated carbocycles. The van der Waals surface area contributed by atoms with Crippen LogP contribution in [-0.4, -0.2) is 56.7 Å². The Labute approximate surface area is 129 Å². The van der Waals surface area contributed by atoms with Crippen LogP contribution in [0.1, 0.15) is 12.2 Å². The fourth-order valence-electron chi connectivity index (χ4n) is 3.39. The van der Waals surface area contributed by atoms with E-state index in [1.54, 1.807) is 0 Å². The normalized spacial score (nSPS) is 22.1. The highest BCUT2D eigenvalue weighted by Gasteiger charge is 2.36. The van der Waals surface area contributed by atoms with Gasteiger partial charge in [0, 0.05) is 32.2 Å². The first-order valence-electron chi connectivity index (χ1n) is 7.70. The zero-order valence-electron chi connectivity index (χ0n) is 12.6. The lowest BCUT2D eigenvalue weighted by atomic mass is 10.1. The molecule has 1 atom stereocenters. The van der Waals surface area contributed by atoms with Crippen molar-refractivity contribution >= 4 is 5.91 Å². The standard InChI is InChI=1S/C16H19N5O/c1-19-8-7-13(16(19)22)20-9-10-21-14(11-20)17-18-15(21)12-5-3-2-4-6-12/h2-6,13H,7-11H2,1H3. The number of rotatable bonds is 2. The molecule has 2 aliphatic rings. The smallest absolute Gasteiger partial charge is 0.239 e. The van der Waals surface area contributed by atoms with Crippen molar-refractivity contribution in [1.29, 1.82) is 0 Å². The third kappa shape index (κ3) is 2.11. The lowest BCUT2D eigenvalue weighted by molar-refractivity contribution is -0.131. The predicted molar refractivity (Wildman–Crippen MR) is 81.9 cm³/mol. The van der Waals surface area contributed by atoms with Crippen molar-refractivity contribution in [2.45, 2.75) is 25.6 Å². The molecule has 4 rings (SSSR count). The van der Waals surface area contributed by atoms with Crippen LogP contribution in [0.5, 0.6) is 0 Å². The van der Waals surface area contributed by atoms with Crippen molar-refractivity contribution in [2.75, 3.05) is 20.1 Å². The first kappa shape index (κ1) is 13.5. The molecule has 1 aromatic carbocycles. The molecule has 0 bridgehead atoms. The van der Waals surface area contributed by atoms with Crippen LogP contribution < -0.4 is 0 Å². The summed E-state index contributed by atoms with van der Waals surface area (Å²) in [5.74, 6) is 2.11. The van der Waals surface area contributed by atoms with Gasteiger partial charge >= 0.3 is 0 Å². The maximum Gasteiger partial charge on any atom is 0.239 e. The van der Waals surface area contributed by atoms with E-state index in [0.717, 1.165) is 43.3 Å². The molecule has 6 heteroatoms. The van der Waals surface area contributed by atoms with Gasteiger partial charge in [-0.3, -0.25) is 9.69 Å². The van der Waals surface area contributed by atoms with E-state index in [9.17, 15) is 4.79 Å². The Morgan fingerprint density at radius 1 is 1.09 bits per heavy atom. The molecule has 1 unspecified atom stereocenters. The summed E-state index contributed by atoms with van der Waals surface area (Å²) in [6.45, 7) is 3.25. The van der Waals surface area contributed by atoms with E-state index in [1.165, 1.54) is 0 Å². The van der Waals surface area contributed by atoms with Gasteiger partial charge in [-0.25, -0.2) is 0 Å². The highest BCUT2D eigenvalue weighted by atomic mass is 16.2. The molecule has 114 valence electrons. The summed E-state index contributed by atoms with van der Waals surface area (Å²) in [7, 11) is 1.88. The quantitative estimate of drug-likeness (QED) is 0.829. The number of hydrogen-bond acceptors (Lipinski definition) is 4. The van der Waals surface area contributed by atoms with E-state index in [-0.39, 0.29) is 11.9 Å². The number of aromatic nitrogens is 3. The summed E-state index contributed by atoms with van der Waals surface area (Å²) < 4.78 is 2.18. The summed E-state index contributed by atoms with van der Waals surface area (Å²) in [6, 6.07) is 10.1. The number of amides is 1. The van der Waals surface area contributed by atoms with Gasteiger partial charge in [0.25, 0.3) is 0 Å². The molecule has 1 aromatic heterocycles. The summed E-state index contributed by atoms with van der Waals surface area (Å²) in [5.41, 5.74) is 1.09. The highest BCUT2D eigenvalue weighted by Crippen LogP contribution is 2.25. The van der Waals surface area contributed by atoms with Crippen molar-refractivity contribution in [1.82, 2.24) is 24.6 Å². The van der Waals surface area contributed by atoms with Crippen LogP contribution in [0.4, 0.5) is 0 Å². The Morgan fingerprint density at radius 2 is 1.91 bits per heavy atom. The second-order valence-corrected chi connectivity index (χ2v) is 5.99. The third-order valence-corrected chi connectivity index (χ3v) is 4.65. The number of carbonyl (C=O) groups is 1. The molecule has 6 nitrogen and oxygen atoms in total. The van der Waals surface area contributed by atoms with Crippen LogP contribution in [0.3, 0.4) is 0 Å². The van der Waals surface area contributed by atoms with Crippen molar-refractivity contribution in [3.8, 4) is 11.4 Å². The van der Waals surface area contributed by atoms with E-state index in [0.29, 0.717) is 6.54 Å². The number of hydrogen-bond donors (Lipinski definition) is 0. The van der Waals surface area contributed by atoms with Gasteiger partial charge in [0.15, 0.2) is 5.82 Å². The van der Waals surface area contributed by atoms with E-state index >= 15 is 0 Å². The third-order valence-electron chi connectivity index (χ3n) is 4.65. The number of benzene rings is 1. The predicted octanol–water partition coefficient (Wildman–Crippen LogP) is 0.991. The summed E-state index contributed by atoms with van der Waals surface area (Å²) in [5, 5.41) is 8.70. The molecular formula is C16H19N5O. The number of likely N-dealkylation sites (tertiary alicyclic amines) is 1. The van der Waals surface area contributed by atoms with E-state index < -0.39 is 0 Å². The second-order valence-electron chi connectivity index (χ2n) is 5.99. The fourth-order valence-corrected chi connectivity index (χ4v) is 3.39. The summed E-state index contributed by atoms with van der Waals surface area (Å²) in [4.78, 5) is 16.2. The van der Waals surface area contributed by atoms with Crippen LogP contribution >= 0.6 is 0 Å². The monoisotopic (exact) mass is 297 g/mol. The minimum Gasteiger partial charge on any atom is -0.344 e. The number of fused-ring (bicyclic) bond motifs is 1. The van der Waals surface area contributed by atoms with Gasteiger partial charge in [0.1, 0.15) is 5.82 Å². The van der Waals surface area contributed by atoms with Gasteiger partial charge in [0.2, 0.25) is 5.91 Å².